The molecular formula is C12H11Cl2NOS. The average Bonchev–Trinajstić information content (AvgIpc) is 2.61. The molecule has 1 unspecified atom stereocenters. The molecule has 0 aliphatic carbocycles. The number of hydrogen-bond donors (Lipinski definition) is 2. The number of phenols is 1. The van der Waals surface area contributed by atoms with Gasteiger partial charge in [0.25, 0.3) is 0 Å². The maximum Gasteiger partial charge on any atom is 0.115 e. The molecule has 2 aromatic rings. The molecule has 0 aliphatic rings. The van der Waals surface area contributed by atoms with Gasteiger partial charge in [-0.1, -0.05) is 23.2 Å². The van der Waals surface area contributed by atoms with Crippen molar-refractivity contribution in [2.45, 2.75) is 13.0 Å². The van der Waals surface area contributed by atoms with Crippen molar-refractivity contribution in [3.8, 4) is 5.75 Å². The third-order valence-corrected chi connectivity index (χ3v) is 3.92. The fourth-order valence-electron chi connectivity index (χ4n) is 1.53. The van der Waals surface area contributed by atoms with Crippen molar-refractivity contribution in [1.29, 1.82) is 0 Å². The van der Waals surface area contributed by atoms with Crippen LogP contribution in [0, 0.1) is 0 Å². The van der Waals surface area contributed by atoms with Crippen LogP contribution in [0.3, 0.4) is 0 Å². The molecule has 0 amide bonds. The molecular weight excluding hydrogens is 277 g/mol. The van der Waals surface area contributed by atoms with Crippen molar-refractivity contribution in [3.05, 3.63) is 44.6 Å². The van der Waals surface area contributed by atoms with E-state index in [1.807, 2.05) is 25.1 Å². The van der Waals surface area contributed by atoms with Crippen LogP contribution < -0.4 is 5.32 Å². The predicted molar refractivity (Wildman–Crippen MR) is 74.5 cm³/mol. The Morgan fingerprint density at radius 2 is 1.88 bits per heavy atom. The molecule has 1 atom stereocenters. The molecule has 1 aromatic heterocycles. The highest BCUT2D eigenvalue weighted by atomic mass is 35.5. The van der Waals surface area contributed by atoms with E-state index in [4.69, 9.17) is 23.2 Å². The highest BCUT2D eigenvalue weighted by Crippen LogP contribution is 2.36. The summed E-state index contributed by atoms with van der Waals surface area (Å²) < 4.78 is 1.39. The van der Waals surface area contributed by atoms with E-state index < -0.39 is 0 Å². The number of hydrogen-bond acceptors (Lipinski definition) is 3. The topological polar surface area (TPSA) is 32.3 Å². The highest BCUT2D eigenvalue weighted by molar-refractivity contribution is 7.20. The Morgan fingerprint density at radius 3 is 2.41 bits per heavy atom. The fourth-order valence-corrected chi connectivity index (χ4v) is 3.18. The van der Waals surface area contributed by atoms with Gasteiger partial charge < -0.3 is 10.4 Å². The summed E-state index contributed by atoms with van der Waals surface area (Å²) in [4.78, 5) is 0. The Hall–Kier alpha value is -0.900. The summed E-state index contributed by atoms with van der Waals surface area (Å²) in [5.41, 5.74) is 1.91. The molecule has 1 heterocycles. The van der Waals surface area contributed by atoms with E-state index in [1.54, 1.807) is 12.1 Å². The molecule has 2 nitrogen and oxygen atoms in total. The van der Waals surface area contributed by atoms with Gasteiger partial charge in [-0.2, -0.15) is 0 Å². The van der Waals surface area contributed by atoms with E-state index in [0.717, 1.165) is 11.3 Å². The van der Waals surface area contributed by atoms with Crippen LogP contribution in [0.25, 0.3) is 0 Å². The van der Waals surface area contributed by atoms with E-state index in [2.05, 4.69) is 5.32 Å². The van der Waals surface area contributed by atoms with E-state index in [1.165, 1.54) is 11.3 Å². The minimum absolute atomic E-state index is 0.0655. The summed E-state index contributed by atoms with van der Waals surface area (Å²) in [7, 11) is 0. The molecule has 0 saturated heterocycles. The van der Waals surface area contributed by atoms with Crippen LogP contribution in [0.15, 0.2) is 30.3 Å². The Labute approximate surface area is 114 Å². The number of aromatic hydroxyl groups is 1. The lowest BCUT2D eigenvalue weighted by Crippen LogP contribution is -2.05. The summed E-state index contributed by atoms with van der Waals surface area (Å²) in [5, 5.41) is 12.5. The predicted octanol–water partition coefficient (Wildman–Crippen LogP) is 4.93. The number of rotatable bonds is 3. The largest absolute Gasteiger partial charge is 0.508 e. The molecule has 0 aliphatic heterocycles. The summed E-state index contributed by atoms with van der Waals surface area (Å²) in [6.07, 6.45) is 0. The average molecular weight is 288 g/mol. The minimum atomic E-state index is 0.0655. The summed E-state index contributed by atoms with van der Waals surface area (Å²) in [6.45, 7) is 2.01. The molecule has 0 fully saturated rings. The second-order valence-electron chi connectivity index (χ2n) is 3.69. The second-order valence-corrected chi connectivity index (χ2v) is 5.98. The monoisotopic (exact) mass is 287 g/mol. The lowest BCUT2D eigenvalue weighted by Gasteiger charge is -2.14. The maximum absolute atomic E-state index is 9.19. The number of nitrogens with one attached hydrogen (secondary N) is 1. The van der Waals surface area contributed by atoms with E-state index in [9.17, 15) is 5.11 Å². The van der Waals surface area contributed by atoms with Gasteiger partial charge in [0.2, 0.25) is 0 Å². The first-order chi connectivity index (χ1) is 8.06. The molecule has 17 heavy (non-hydrogen) atoms. The zero-order valence-electron chi connectivity index (χ0n) is 9.08. The van der Waals surface area contributed by atoms with Crippen LogP contribution in [0.1, 0.15) is 18.5 Å². The quantitative estimate of drug-likeness (QED) is 0.784. The zero-order chi connectivity index (χ0) is 12.4. The van der Waals surface area contributed by atoms with Crippen LogP contribution in [0.2, 0.25) is 8.67 Å². The lowest BCUT2D eigenvalue weighted by molar-refractivity contribution is 0.475. The smallest absolute Gasteiger partial charge is 0.115 e. The Kier molecular flexibility index (Phi) is 3.82. The minimum Gasteiger partial charge on any atom is -0.508 e. The van der Waals surface area contributed by atoms with E-state index >= 15 is 0 Å². The van der Waals surface area contributed by atoms with Gasteiger partial charge in [0, 0.05) is 11.3 Å². The van der Waals surface area contributed by atoms with Gasteiger partial charge in [0.15, 0.2) is 0 Å². The first-order valence-corrected chi connectivity index (χ1v) is 6.64. The molecule has 90 valence electrons. The third kappa shape index (κ3) is 3.06. The van der Waals surface area contributed by atoms with Crippen LogP contribution in [-0.2, 0) is 0 Å². The van der Waals surface area contributed by atoms with Crippen molar-refractivity contribution in [2.75, 3.05) is 5.32 Å². The maximum atomic E-state index is 9.19. The van der Waals surface area contributed by atoms with Crippen LogP contribution >= 0.6 is 34.5 Å². The van der Waals surface area contributed by atoms with Gasteiger partial charge in [-0.05, 0) is 37.3 Å². The number of anilines is 1. The molecule has 0 radical (unpaired) electrons. The first kappa shape index (κ1) is 12.6. The number of phenolic OH excluding ortho intramolecular Hbond substituents is 1. The van der Waals surface area contributed by atoms with Gasteiger partial charge >= 0.3 is 0 Å². The van der Waals surface area contributed by atoms with Crippen LogP contribution in [-0.4, -0.2) is 5.11 Å². The van der Waals surface area contributed by atoms with Gasteiger partial charge in [-0.25, -0.2) is 0 Å². The van der Waals surface area contributed by atoms with Crippen molar-refractivity contribution in [3.63, 3.8) is 0 Å². The molecule has 0 bridgehead atoms. The zero-order valence-corrected chi connectivity index (χ0v) is 11.4. The summed E-state index contributed by atoms with van der Waals surface area (Å²) >= 11 is 13.4. The van der Waals surface area contributed by atoms with Gasteiger partial charge in [0.05, 0.1) is 14.7 Å². The molecule has 0 saturated carbocycles. The highest BCUT2D eigenvalue weighted by Gasteiger charge is 2.13. The molecule has 5 heteroatoms. The number of halogens is 2. The lowest BCUT2D eigenvalue weighted by atomic mass is 10.1. The molecule has 2 rings (SSSR count). The Morgan fingerprint density at radius 1 is 1.24 bits per heavy atom. The van der Waals surface area contributed by atoms with Gasteiger partial charge in [-0.3, -0.25) is 0 Å². The van der Waals surface area contributed by atoms with Crippen LogP contribution in [0.5, 0.6) is 5.75 Å². The summed E-state index contributed by atoms with van der Waals surface area (Å²) in [6, 6.07) is 8.83. The van der Waals surface area contributed by atoms with Crippen molar-refractivity contribution in [2.24, 2.45) is 0 Å². The Bertz CT molecular complexity index is 510. The fraction of sp³-hybridized carbons (Fsp3) is 0.167. The molecule has 2 N–H and O–H groups in total. The summed E-state index contributed by atoms with van der Waals surface area (Å²) in [5.74, 6) is 0.250. The standard InChI is InChI=1S/C12H11Cl2NOS/c1-7(10-6-11(13)17-12(10)14)15-8-2-4-9(16)5-3-8/h2-7,15-16H,1H3. The van der Waals surface area contributed by atoms with Crippen molar-refractivity contribution < 1.29 is 5.11 Å². The normalized spacial score (nSPS) is 12.4. The molecule has 0 spiro atoms. The third-order valence-electron chi connectivity index (χ3n) is 2.40. The number of benzene rings is 1. The van der Waals surface area contributed by atoms with E-state index in [0.29, 0.717) is 8.67 Å². The molecule has 1 aromatic carbocycles. The van der Waals surface area contributed by atoms with E-state index in [-0.39, 0.29) is 11.8 Å². The second kappa shape index (κ2) is 5.17. The van der Waals surface area contributed by atoms with Crippen molar-refractivity contribution >= 4 is 40.2 Å². The first-order valence-electron chi connectivity index (χ1n) is 5.06. The van der Waals surface area contributed by atoms with Crippen molar-refractivity contribution in [1.82, 2.24) is 0 Å². The van der Waals surface area contributed by atoms with Gasteiger partial charge in [-0.15, -0.1) is 11.3 Å². The van der Waals surface area contributed by atoms with Crippen LogP contribution in [0.4, 0.5) is 5.69 Å². The number of thiophene rings is 1. The SMILES string of the molecule is CC(Nc1ccc(O)cc1)c1cc(Cl)sc1Cl. The van der Waals surface area contributed by atoms with Gasteiger partial charge in [0.1, 0.15) is 5.75 Å². The Balaban J connectivity index is 2.14.